The lowest BCUT2D eigenvalue weighted by atomic mass is 10.0. The minimum Gasteiger partial charge on any atom is -0.460 e. The Morgan fingerprint density at radius 3 is 2.59 bits per heavy atom. The second-order valence-electron chi connectivity index (χ2n) is 8.38. The van der Waals surface area contributed by atoms with E-state index in [9.17, 15) is 22.8 Å². The molecule has 1 fully saturated rings. The number of hydrogen-bond donors (Lipinski definition) is 1. The first-order chi connectivity index (χ1) is 16.1. The fourth-order valence-electron chi connectivity index (χ4n) is 4.12. The van der Waals surface area contributed by atoms with E-state index < -0.39 is 51.9 Å². The largest absolute Gasteiger partial charge is 0.460 e. The molecular formula is C23H30N2O8S. The molecule has 1 saturated heterocycles. The van der Waals surface area contributed by atoms with E-state index in [-0.39, 0.29) is 6.42 Å². The Kier molecular flexibility index (Phi) is 8.45. The molecule has 0 saturated carbocycles. The number of hydrogen-bond acceptors (Lipinski definition) is 8. The van der Waals surface area contributed by atoms with Crippen LogP contribution < -0.4 is 11.2 Å². The quantitative estimate of drug-likeness (QED) is 0.390. The summed E-state index contributed by atoms with van der Waals surface area (Å²) < 4.78 is 41.7. The lowest BCUT2D eigenvalue weighted by Crippen LogP contribution is -2.34. The summed E-state index contributed by atoms with van der Waals surface area (Å²) in [5.74, 6) is -0.490. The fraction of sp³-hybridized carbons (Fsp3) is 0.522. The number of esters is 1. The monoisotopic (exact) mass is 494 g/mol. The molecular weight excluding hydrogens is 464 g/mol. The zero-order chi connectivity index (χ0) is 24.9. The molecule has 1 N–H and O–H groups in total. The molecule has 1 unspecified atom stereocenters. The number of aromatic nitrogens is 2. The van der Waals surface area contributed by atoms with Crippen molar-refractivity contribution in [1.82, 2.24) is 9.55 Å². The maximum absolute atomic E-state index is 12.4. The number of carbonyl (C=O) groups excluding carboxylic acids is 1. The van der Waals surface area contributed by atoms with Gasteiger partial charge in [-0.3, -0.25) is 23.3 Å². The standard InChI is InChI=1S/C23H30N2O8S/c1-4-17-14-25(23(28)24-22(17)27)21-13-20(31-15(2)26)19(32-21)11-10-18(33-34(3,29)30)12-16-8-6-5-7-9-16/h5-9,14,18-21H,4,10-13H2,1-3H3,(H,24,27,28)/t18?,19-,20+,21-/m1/s1. The molecule has 10 nitrogen and oxygen atoms in total. The third kappa shape index (κ3) is 7.12. The van der Waals surface area contributed by atoms with Gasteiger partial charge in [0.1, 0.15) is 12.3 Å². The van der Waals surface area contributed by atoms with Gasteiger partial charge in [-0.1, -0.05) is 37.3 Å². The molecule has 34 heavy (non-hydrogen) atoms. The third-order valence-corrected chi connectivity index (χ3v) is 6.24. The van der Waals surface area contributed by atoms with Crippen LogP contribution in [0.5, 0.6) is 0 Å². The summed E-state index contributed by atoms with van der Waals surface area (Å²) in [6.45, 7) is 3.09. The first-order valence-corrected chi connectivity index (χ1v) is 13.0. The Labute approximate surface area is 198 Å². The smallest absolute Gasteiger partial charge is 0.330 e. The summed E-state index contributed by atoms with van der Waals surface area (Å²) in [5, 5.41) is 0. The van der Waals surface area contributed by atoms with Crippen LogP contribution in [-0.2, 0) is 41.4 Å². The number of aromatic amines is 1. The van der Waals surface area contributed by atoms with Gasteiger partial charge in [0.15, 0.2) is 0 Å². The van der Waals surface area contributed by atoms with Crippen LogP contribution in [0.3, 0.4) is 0 Å². The highest BCUT2D eigenvalue weighted by Gasteiger charge is 2.39. The van der Waals surface area contributed by atoms with Gasteiger partial charge in [0.05, 0.1) is 18.5 Å². The minimum absolute atomic E-state index is 0.218. The van der Waals surface area contributed by atoms with E-state index in [1.165, 1.54) is 17.7 Å². The summed E-state index contributed by atoms with van der Waals surface area (Å²) in [4.78, 5) is 38.3. The van der Waals surface area contributed by atoms with Crippen molar-refractivity contribution in [2.24, 2.45) is 0 Å². The average molecular weight is 495 g/mol. The molecule has 0 amide bonds. The van der Waals surface area contributed by atoms with Gasteiger partial charge >= 0.3 is 11.7 Å². The van der Waals surface area contributed by atoms with Gasteiger partial charge in [-0.15, -0.1) is 0 Å². The third-order valence-electron chi connectivity index (χ3n) is 5.62. The molecule has 0 spiro atoms. The van der Waals surface area contributed by atoms with Crippen molar-refractivity contribution in [3.63, 3.8) is 0 Å². The van der Waals surface area contributed by atoms with Gasteiger partial charge < -0.3 is 9.47 Å². The molecule has 2 aromatic rings. The van der Waals surface area contributed by atoms with Crippen LogP contribution in [0.1, 0.15) is 50.5 Å². The molecule has 2 heterocycles. The number of nitrogens with zero attached hydrogens (tertiary/aromatic N) is 1. The van der Waals surface area contributed by atoms with E-state index in [4.69, 9.17) is 13.7 Å². The summed E-state index contributed by atoms with van der Waals surface area (Å²) >= 11 is 0. The topological polar surface area (TPSA) is 134 Å². The van der Waals surface area contributed by atoms with Crippen LogP contribution in [0, 0.1) is 0 Å². The van der Waals surface area contributed by atoms with Crippen molar-refractivity contribution >= 4 is 16.1 Å². The number of H-pyrrole nitrogens is 1. The molecule has 11 heteroatoms. The van der Waals surface area contributed by atoms with Crippen LogP contribution in [0.15, 0.2) is 46.1 Å². The van der Waals surface area contributed by atoms with Crippen molar-refractivity contribution in [2.45, 2.75) is 70.5 Å². The second-order valence-corrected chi connectivity index (χ2v) is 9.98. The highest BCUT2D eigenvalue weighted by atomic mass is 32.2. The number of benzene rings is 1. The van der Waals surface area contributed by atoms with Crippen LogP contribution in [0.25, 0.3) is 0 Å². The van der Waals surface area contributed by atoms with E-state index in [1.54, 1.807) is 6.92 Å². The van der Waals surface area contributed by atoms with Crippen LogP contribution >= 0.6 is 0 Å². The van der Waals surface area contributed by atoms with E-state index in [0.717, 1.165) is 11.8 Å². The van der Waals surface area contributed by atoms with E-state index in [2.05, 4.69) is 4.98 Å². The highest BCUT2D eigenvalue weighted by Crippen LogP contribution is 2.33. The lowest BCUT2D eigenvalue weighted by molar-refractivity contribution is -0.149. The molecule has 0 aliphatic carbocycles. The normalized spacial score (nSPS) is 21.3. The van der Waals surface area contributed by atoms with Gasteiger partial charge in [-0.05, 0) is 24.8 Å². The molecule has 1 aromatic carbocycles. The zero-order valence-corrected chi connectivity index (χ0v) is 20.2. The van der Waals surface area contributed by atoms with Gasteiger partial charge in [0, 0.05) is 31.5 Å². The molecule has 4 atom stereocenters. The van der Waals surface area contributed by atoms with Crippen LogP contribution in [0.4, 0.5) is 0 Å². The van der Waals surface area contributed by atoms with Gasteiger partial charge in [-0.2, -0.15) is 8.42 Å². The van der Waals surface area contributed by atoms with Crippen molar-refractivity contribution in [1.29, 1.82) is 0 Å². The zero-order valence-electron chi connectivity index (χ0n) is 19.4. The van der Waals surface area contributed by atoms with E-state index in [0.29, 0.717) is 31.2 Å². The Balaban J connectivity index is 1.78. The second kappa shape index (κ2) is 11.1. The summed E-state index contributed by atoms with van der Waals surface area (Å²) in [7, 11) is -3.70. The lowest BCUT2D eigenvalue weighted by Gasteiger charge is -2.22. The average Bonchev–Trinajstić information content (AvgIpc) is 3.13. The first-order valence-electron chi connectivity index (χ1n) is 11.1. The Morgan fingerprint density at radius 1 is 1.26 bits per heavy atom. The predicted molar refractivity (Wildman–Crippen MR) is 124 cm³/mol. The van der Waals surface area contributed by atoms with Gasteiger partial charge in [0.2, 0.25) is 0 Å². The number of carbonyl (C=O) groups is 1. The van der Waals surface area contributed by atoms with Crippen LogP contribution in [0.2, 0.25) is 0 Å². The van der Waals surface area contributed by atoms with Crippen molar-refractivity contribution in [3.8, 4) is 0 Å². The first kappa shape index (κ1) is 25.9. The Bertz CT molecular complexity index is 1210. The number of aryl methyl sites for hydroxylation is 1. The maximum Gasteiger partial charge on any atom is 0.330 e. The molecule has 0 radical (unpaired) electrons. The van der Waals surface area contributed by atoms with Crippen molar-refractivity contribution in [3.05, 3.63) is 68.5 Å². The summed E-state index contributed by atoms with van der Waals surface area (Å²) in [6, 6.07) is 9.36. The van der Waals surface area contributed by atoms with E-state index >= 15 is 0 Å². The van der Waals surface area contributed by atoms with Gasteiger partial charge in [-0.25, -0.2) is 4.79 Å². The maximum atomic E-state index is 12.4. The van der Waals surface area contributed by atoms with Crippen molar-refractivity contribution in [2.75, 3.05) is 6.26 Å². The Hall–Kier alpha value is -2.76. The molecule has 1 aromatic heterocycles. The summed E-state index contributed by atoms with van der Waals surface area (Å²) in [5.41, 5.74) is 0.290. The predicted octanol–water partition coefficient (Wildman–Crippen LogP) is 1.69. The highest BCUT2D eigenvalue weighted by molar-refractivity contribution is 7.86. The molecule has 186 valence electrons. The number of ether oxygens (including phenoxy) is 2. The minimum atomic E-state index is -3.70. The van der Waals surface area contributed by atoms with E-state index in [1.807, 2.05) is 30.3 Å². The fourth-order valence-corrected chi connectivity index (χ4v) is 4.78. The van der Waals surface area contributed by atoms with Gasteiger partial charge in [0.25, 0.3) is 15.7 Å². The summed E-state index contributed by atoms with van der Waals surface area (Å²) in [6.07, 6.45) is 1.54. The SMILES string of the molecule is CCc1cn([C@H]2C[C@H](OC(C)=O)[C@@H](CCC(Cc3ccccc3)OS(C)(=O)=O)O2)c(=O)[nH]c1=O. The van der Waals surface area contributed by atoms with Crippen molar-refractivity contribution < 1.29 is 26.9 Å². The number of rotatable bonds is 10. The molecule has 1 aliphatic rings. The van der Waals surface area contributed by atoms with Crippen LogP contribution in [-0.4, -0.2) is 48.5 Å². The molecule has 0 bridgehead atoms. The number of nitrogens with one attached hydrogen (secondary N) is 1. The molecule has 3 rings (SSSR count). The Morgan fingerprint density at radius 2 is 1.97 bits per heavy atom. The molecule has 1 aliphatic heterocycles.